The van der Waals surface area contributed by atoms with Gasteiger partial charge in [0.05, 0.1) is 24.8 Å². The summed E-state index contributed by atoms with van der Waals surface area (Å²) in [6, 6.07) is 5.58. The molecule has 4 rings (SSSR count). The topological polar surface area (TPSA) is 94.2 Å². The van der Waals surface area contributed by atoms with Gasteiger partial charge in [0.1, 0.15) is 11.4 Å². The SMILES string of the molecule is COc1c(C)cccc1C(=O)N1CC[C@@H](c2nnc(-c3cnccn3)o2)C1. The summed E-state index contributed by atoms with van der Waals surface area (Å²) in [7, 11) is 1.58. The molecule has 1 amide bonds. The molecule has 2 aromatic heterocycles. The molecule has 8 nitrogen and oxygen atoms in total. The second-order valence-electron chi connectivity index (χ2n) is 6.43. The van der Waals surface area contributed by atoms with Crippen LogP contribution < -0.4 is 4.74 Å². The minimum atomic E-state index is -0.0493. The number of nitrogens with zero attached hydrogens (tertiary/aromatic N) is 5. The molecule has 0 saturated carbocycles. The quantitative estimate of drug-likeness (QED) is 0.701. The van der Waals surface area contributed by atoms with E-state index in [0.29, 0.717) is 41.9 Å². The lowest BCUT2D eigenvalue weighted by Crippen LogP contribution is -2.29. The van der Waals surface area contributed by atoms with E-state index in [-0.39, 0.29) is 11.8 Å². The maximum absolute atomic E-state index is 12.9. The first-order valence-electron chi connectivity index (χ1n) is 8.70. The molecular formula is C19H19N5O3. The highest BCUT2D eigenvalue weighted by Crippen LogP contribution is 2.31. The largest absolute Gasteiger partial charge is 0.496 e. The van der Waals surface area contributed by atoms with Gasteiger partial charge in [0.2, 0.25) is 5.89 Å². The Labute approximate surface area is 156 Å². The van der Waals surface area contributed by atoms with Gasteiger partial charge in [0.25, 0.3) is 11.8 Å². The van der Waals surface area contributed by atoms with Crippen LogP contribution in [-0.4, -0.2) is 51.2 Å². The highest BCUT2D eigenvalue weighted by atomic mass is 16.5. The second kappa shape index (κ2) is 7.14. The van der Waals surface area contributed by atoms with Crippen molar-refractivity contribution in [3.8, 4) is 17.3 Å². The lowest BCUT2D eigenvalue weighted by atomic mass is 10.1. The van der Waals surface area contributed by atoms with Gasteiger partial charge in [-0.1, -0.05) is 12.1 Å². The number of ether oxygens (including phenoxy) is 1. The van der Waals surface area contributed by atoms with Crippen LogP contribution in [0.5, 0.6) is 5.75 Å². The molecule has 0 spiro atoms. The number of carbonyl (C=O) groups excluding carboxylic acids is 1. The average Bonchev–Trinajstić information content (AvgIpc) is 3.37. The van der Waals surface area contributed by atoms with Crippen LogP contribution in [-0.2, 0) is 0 Å². The van der Waals surface area contributed by atoms with E-state index in [1.54, 1.807) is 36.7 Å². The molecule has 3 heterocycles. The first-order chi connectivity index (χ1) is 13.2. The Morgan fingerprint density at radius 3 is 2.96 bits per heavy atom. The van der Waals surface area contributed by atoms with Crippen LogP contribution >= 0.6 is 0 Å². The number of hydrogen-bond donors (Lipinski definition) is 0. The molecule has 3 aromatic rings. The number of rotatable bonds is 4. The van der Waals surface area contributed by atoms with E-state index in [2.05, 4.69) is 20.2 Å². The number of methoxy groups -OCH3 is 1. The predicted molar refractivity (Wildman–Crippen MR) is 96.3 cm³/mol. The second-order valence-corrected chi connectivity index (χ2v) is 6.43. The van der Waals surface area contributed by atoms with E-state index in [1.165, 1.54) is 0 Å². The van der Waals surface area contributed by atoms with Gasteiger partial charge in [0, 0.05) is 25.5 Å². The zero-order chi connectivity index (χ0) is 18.8. The first kappa shape index (κ1) is 17.1. The molecule has 1 aliphatic heterocycles. The molecule has 0 aliphatic carbocycles. The molecule has 138 valence electrons. The van der Waals surface area contributed by atoms with Crippen molar-refractivity contribution >= 4 is 5.91 Å². The third-order valence-corrected chi connectivity index (χ3v) is 4.69. The van der Waals surface area contributed by atoms with Crippen LogP contribution in [0.2, 0.25) is 0 Å². The van der Waals surface area contributed by atoms with Gasteiger partial charge >= 0.3 is 0 Å². The summed E-state index contributed by atoms with van der Waals surface area (Å²) in [4.78, 5) is 22.9. The smallest absolute Gasteiger partial charge is 0.267 e. The van der Waals surface area contributed by atoms with Crippen molar-refractivity contribution in [1.29, 1.82) is 0 Å². The van der Waals surface area contributed by atoms with E-state index >= 15 is 0 Å². The number of aryl methyl sites for hydroxylation is 1. The monoisotopic (exact) mass is 365 g/mol. The highest BCUT2D eigenvalue weighted by Gasteiger charge is 2.32. The van der Waals surface area contributed by atoms with E-state index in [9.17, 15) is 4.79 Å². The number of aromatic nitrogens is 4. The van der Waals surface area contributed by atoms with Crippen molar-refractivity contribution < 1.29 is 13.9 Å². The number of amides is 1. The standard InChI is InChI=1S/C19H19N5O3/c1-12-4-3-5-14(16(12)26-2)19(25)24-9-6-13(11-24)17-22-23-18(27-17)15-10-20-7-8-21-15/h3-5,7-8,10,13H,6,9,11H2,1-2H3/t13-/m1/s1. The number of hydrogen-bond acceptors (Lipinski definition) is 7. The summed E-state index contributed by atoms with van der Waals surface area (Å²) >= 11 is 0. The molecule has 1 fully saturated rings. The molecule has 27 heavy (non-hydrogen) atoms. The maximum Gasteiger partial charge on any atom is 0.267 e. The number of benzene rings is 1. The van der Waals surface area contributed by atoms with E-state index in [1.807, 2.05) is 19.1 Å². The fraction of sp³-hybridized carbons (Fsp3) is 0.316. The predicted octanol–water partition coefficient (Wildman–Crippen LogP) is 2.47. The molecule has 0 bridgehead atoms. The van der Waals surface area contributed by atoms with Gasteiger partial charge in [-0.15, -0.1) is 10.2 Å². The number of para-hydroxylation sites is 1. The summed E-state index contributed by atoms with van der Waals surface area (Å²) in [6.45, 7) is 3.08. The summed E-state index contributed by atoms with van der Waals surface area (Å²) in [5.74, 6) is 1.42. The maximum atomic E-state index is 12.9. The molecule has 0 unspecified atom stereocenters. The summed E-state index contributed by atoms with van der Waals surface area (Å²) < 4.78 is 11.2. The molecular weight excluding hydrogens is 346 g/mol. The van der Waals surface area contributed by atoms with Crippen molar-refractivity contribution in [3.63, 3.8) is 0 Å². The van der Waals surface area contributed by atoms with Crippen LogP contribution in [0.25, 0.3) is 11.6 Å². The Hall–Kier alpha value is -3.29. The van der Waals surface area contributed by atoms with Crippen molar-refractivity contribution in [1.82, 2.24) is 25.1 Å². The van der Waals surface area contributed by atoms with Crippen molar-refractivity contribution in [2.24, 2.45) is 0 Å². The van der Waals surface area contributed by atoms with Crippen LogP contribution in [0.1, 0.15) is 34.2 Å². The normalized spacial score (nSPS) is 16.5. The lowest BCUT2D eigenvalue weighted by molar-refractivity contribution is 0.0786. The minimum Gasteiger partial charge on any atom is -0.496 e. The van der Waals surface area contributed by atoms with Crippen molar-refractivity contribution in [2.75, 3.05) is 20.2 Å². The molecule has 0 N–H and O–H groups in total. The third-order valence-electron chi connectivity index (χ3n) is 4.69. The van der Waals surface area contributed by atoms with Crippen molar-refractivity contribution in [2.45, 2.75) is 19.3 Å². The molecule has 1 aliphatic rings. The fourth-order valence-corrected chi connectivity index (χ4v) is 3.32. The third kappa shape index (κ3) is 3.25. The summed E-state index contributed by atoms with van der Waals surface area (Å²) in [6.07, 6.45) is 5.50. The Kier molecular flexibility index (Phi) is 4.53. The highest BCUT2D eigenvalue weighted by molar-refractivity contribution is 5.97. The molecule has 8 heteroatoms. The van der Waals surface area contributed by atoms with Crippen LogP contribution in [0.15, 0.2) is 41.2 Å². The summed E-state index contributed by atoms with van der Waals surface area (Å²) in [5.41, 5.74) is 2.04. The van der Waals surface area contributed by atoms with E-state index in [0.717, 1.165) is 12.0 Å². The Morgan fingerprint density at radius 1 is 1.30 bits per heavy atom. The van der Waals surface area contributed by atoms with Crippen LogP contribution in [0.3, 0.4) is 0 Å². The van der Waals surface area contributed by atoms with Crippen molar-refractivity contribution in [3.05, 3.63) is 53.8 Å². The van der Waals surface area contributed by atoms with Crippen LogP contribution in [0.4, 0.5) is 0 Å². The van der Waals surface area contributed by atoms with Gasteiger partial charge < -0.3 is 14.1 Å². The molecule has 1 saturated heterocycles. The van der Waals surface area contributed by atoms with Crippen LogP contribution in [0, 0.1) is 6.92 Å². The lowest BCUT2D eigenvalue weighted by Gasteiger charge is -2.18. The Morgan fingerprint density at radius 2 is 2.19 bits per heavy atom. The zero-order valence-electron chi connectivity index (χ0n) is 15.1. The Bertz CT molecular complexity index is 957. The van der Waals surface area contributed by atoms with Gasteiger partial charge in [-0.05, 0) is 25.0 Å². The molecule has 1 aromatic carbocycles. The van der Waals surface area contributed by atoms with Gasteiger partial charge in [-0.3, -0.25) is 9.78 Å². The minimum absolute atomic E-state index is 0.00248. The molecule has 0 radical (unpaired) electrons. The van der Waals surface area contributed by atoms with Gasteiger partial charge in [-0.2, -0.15) is 0 Å². The van der Waals surface area contributed by atoms with Gasteiger partial charge in [0.15, 0.2) is 0 Å². The molecule has 1 atom stereocenters. The van der Waals surface area contributed by atoms with E-state index < -0.39 is 0 Å². The fourth-order valence-electron chi connectivity index (χ4n) is 3.32. The average molecular weight is 365 g/mol. The summed E-state index contributed by atoms with van der Waals surface area (Å²) in [5, 5.41) is 8.20. The van der Waals surface area contributed by atoms with Gasteiger partial charge in [-0.25, -0.2) is 4.98 Å². The van der Waals surface area contributed by atoms with E-state index in [4.69, 9.17) is 9.15 Å². The zero-order valence-corrected chi connectivity index (χ0v) is 15.1. The number of likely N-dealkylation sites (tertiary alicyclic amines) is 1. The number of carbonyl (C=O) groups is 1. The Balaban J connectivity index is 1.50. The first-order valence-corrected chi connectivity index (χ1v) is 8.70.